The van der Waals surface area contributed by atoms with Gasteiger partial charge in [0.05, 0.1) is 0 Å². The Morgan fingerprint density at radius 1 is 0.444 bits per heavy atom. The van der Waals surface area contributed by atoms with Crippen molar-refractivity contribution >= 4 is 0 Å². The molecule has 0 aliphatic rings. The van der Waals surface area contributed by atoms with Crippen molar-refractivity contribution in [3.05, 3.63) is 0 Å². The molecule has 0 bridgehead atoms. The molecule has 0 aliphatic carbocycles. The SMILES string of the molecule is O.O.[Na+].[Na+].[O-2].[O-2].[O-2].[O-2].[W+6]. The quantitative estimate of drug-likeness (QED) is 0.383. The van der Waals surface area contributed by atoms with Gasteiger partial charge in [0.2, 0.25) is 0 Å². The van der Waals surface area contributed by atoms with Crippen LogP contribution in [0, 0.1) is 0 Å². The van der Waals surface area contributed by atoms with Gasteiger partial charge < -0.3 is 32.9 Å². The molecule has 6 nitrogen and oxygen atoms in total. The Morgan fingerprint density at radius 2 is 0.444 bits per heavy atom. The van der Waals surface area contributed by atoms with Crippen molar-refractivity contribution in [1.82, 2.24) is 0 Å². The van der Waals surface area contributed by atoms with Crippen LogP contribution in [0.15, 0.2) is 0 Å². The number of rotatable bonds is 0. The van der Waals surface area contributed by atoms with E-state index in [0.717, 1.165) is 0 Å². The molecule has 0 aliphatic heterocycles. The van der Waals surface area contributed by atoms with Crippen LogP contribution >= 0.6 is 0 Å². The molecule has 4 N–H and O–H groups in total. The molecule has 0 saturated heterocycles. The molecule has 0 spiro atoms. The van der Waals surface area contributed by atoms with E-state index in [4.69, 9.17) is 0 Å². The van der Waals surface area contributed by atoms with Gasteiger partial charge in [-0.1, -0.05) is 0 Å². The largest absolute Gasteiger partial charge is 6.00 e. The molecule has 0 fully saturated rings. The van der Waals surface area contributed by atoms with Crippen molar-refractivity contribution in [2.24, 2.45) is 0 Å². The fourth-order valence-electron chi connectivity index (χ4n) is 0. The van der Waals surface area contributed by atoms with Crippen LogP contribution in [-0.2, 0) is 43.0 Å². The molecule has 0 aromatic rings. The van der Waals surface area contributed by atoms with E-state index >= 15 is 0 Å². The molecule has 9 heteroatoms. The second-order valence-corrected chi connectivity index (χ2v) is 0. The molecule has 0 rings (SSSR count). The van der Waals surface area contributed by atoms with Crippen molar-refractivity contribution in [3.8, 4) is 0 Å². The molecule has 0 saturated carbocycles. The van der Waals surface area contributed by atoms with Crippen molar-refractivity contribution in [2.75, 3.05) is 0 Å². The van der Waals surface area contributed by atoms with E-state index in [1.54, 1.807) is 0 Å². The zero-order chi connectivity index (χ0) is 0. The fourth-order valence-corrected chi connectivity index (χ4v) is 0. The van der Waals surface area contributed by atoms with Crippen molar-refractivity contribution in [1.29, 1.82) is 0 Å². The monoisotopic (exact) mass is 330 g/mol. The Morgan fingerprint density at radius 3 is 0.444 bits per heavy atom. The first-order chi connectivity index (χ1) is 0. The summed E-state index contributed by atoms with van der Waals surface area (Å²) in [6.07, 6.45) is 0. The average Bonchev–Trinajstić information content (AvgIpc) is 0. The Labute approximate surface area is 111 Å². The van der Waals surface area contributed by atoms with Crippen molar-refractivity contribution in [3.63, 3.8) is 0 Å². The fraction of sp³-hybridized carbons (Fsp3) is 0. The molecule has 0 amide bonds. The molecule has 0 aromatic heterocycles. The molecule has 9 heavy (non-hydrogen) atoms. The van der Waals surface area contributed by atoms with Crippen LogP contribution in [0.3, 0.4) is 0 Å². The summed E-state index contributed by atoms with van der Waals surface area (Å²) in [6, 6.07) is 0. The summed E-state index contributed by atoms with van der Waals surface area (Å²) in [7, 11) is 0. The minimum absolute atomic E-state index is 0. The first-order valence-electron chi connectivity index (χ1n) is 0. The first-order valence-corrected chi connectivity index (χ1v) is 0. The van der Waals surface area contributed by atoms with Crippen LogP contribution in [0.25, 0.3) is 0 Å². The molecule has 48 valence electrons. The Kier molecular flexibility index (Phi) is 3600. The Hall–Kier alpha value is 2.45. The predicted molar refractivity (Wildman–Crippen MR) is 9.97 cm³/mol. The summed E-state index contributed by atoms with van der Waals surface area (Å²) in [5, 5.41) is 0. The molecular weight excluding hydrogens is 326 g/mol. The third kappa shape index (κ3) is 124. The van der Waals surface area contributed by atoms with Gasteiger partial charge in [0, 0.05) is 0 Å². The molecule has 0 radical (unpaired) electrons. The second kappa shape index (κ2) is 156. The summed E-state index contributed by atoms with van der Waals surface area (Å²) in [4.78, 5) is 0. The van der Waals surface area contributed by atoms with E-state index < -0.39 is 0 Å². The molecule has 0 aromatic carbocycles. The van der Waals surface area contributed by atoms with Crippen LogP contribution < -0.4 is 59.1 Å². The van der Waals surface area contributed by atoms with E-state index in [9.17, 15) is 0 Å². The van der Waals surface area contributed by atoms with Gasteiger partial charge in [-0.25, -0.2) is 0 Å². The molecule has 0 unspecified atom stereocenters. The van der Waals surface area contributed by atoms with Gasteiger partial charge in [-0.2, -0.15) is 0 Å². The van der Waals surface area contributed by atoms with E-state index in [0.29, 0.717) is 0 Å². The van der Waals surface area contributed by atoms with E-state index in [1.807, 2.05) is 0 Å². The minimum atomic E-state index is 0. The number of hydrogen-bond acceptors (Lipinski definition) is 0. The third-order valence-electron chi connectivity index (χ3n) is 0. The van der Waals surface area contributed by atoms with Crippen LogP contribution in [0.4, 0.5) is 0 Å². The topological polar surface area (TPSA) is 177 Å². The third-order valence-corrected chi connectivity index (χ3v) is 0. The maximum absolute atomic E-state index is 0. The van der Waals surface area contributed by atoms with Crippen LogP contribution in [0.1, 0.15) is 0 Å². The van der Waals surface area contributed by atoms with E-state index in [-0.39, 0.29) is 113 Å². The molecule has 0 atom stereocenters. The van der Waals surface area contributed by atoms with Gasteiger partial charge in [0.15, 0.2) is 0 Å². The Bertz CT molecular complexity index is 11.0. The summed E-state index contributed by atoms with van der Waals surface area (Å²) in [5.74, 6) is 0. The van der Waals surface area contributed by atoms with Gasteiger partial charge in [0.25, 0.3) is 0 Å². The van der Waals surface area contributed by atoms with Crippen LogP contribution in [0.2, 0.25) is 0 Å². The van der Waals surface area contributed by atoms with Gasteiger partial charge >= 0.3 is 80.2 Å². The zero-order valence-corrected chi connectivity index (χ0v) is 12.0. The van der Waals surface area contributed by atoms with Crippen LogP contribution in [-0.4, -0.2) is 11.0 Å². The average molecular weight is 330 g/mol. The normalized spacial score (nSPS) is 0. The predicted octanol–water partition coefficient (Wildman–Crippen LogP) is -8.12. The smallest absolute Gasteiger partial charge is 2.00 e. The van der Waals surface area contributed by atoms with Crippen LogP contribution in [0.5, 0.6) is 0 Å². The van der Waals surface area contributed by atoms with Crippen molar-refractivity contribution < 1.29 is 113 Å². The zero-order valence-electron chi connectivity index (χ0n) is 5.04. The molecule has 0 heterocycles. The standard InChI is InChI=1S/2Na.2H2O.4O.W/h;;2*1H2;;;;;/q2*+1;;;4*-2;+6. The maximum atomic E-state index is 0. The van der Waals surface area contributed by atoms with Gasteiger partial charge in [-0.3, -0.25) is 0 Å². The van der Waals surface area contributed by atoms with Crippen molar-refractivity contribution in [2.45, 2.75) is 0 Å². The van der Waals surface area contributed by atoms with E-state index in [1.165, 1.54) is 0 Å². The summed E-state index contributed by atoms with van der Waals surface area (Å²) < 4.78 is 0. The Balaban J connectivity index is 0. The molecular formula is H4Na2O6W. The summed E-state index contributed by atoms with van der Waals surface area (Å²) >= 11 is 0. The maximum Gasteiger partial charge on any atom is 6.00 e. The minimum Gasteiger partial charge on any atom is -2.00 e. The second-order valence-electron chi connectivity index (χ2n) is 0. The van der Waals surface area contributed by atoms with Gasteiger partial charge in [0.1, 0.15) is 0 Å². The summed E-state index contributed by atoms with van der Waals surface area (Å²) in [5.41, 5.74) is 0. The van der Waals surface area contributed by atoms with E-state index in [2.05, 4.69) is 0 Å². The number of hydrogen-bond donors (Lipinski definition) is 0. The summed E-state index contributed by atoms with van der Waals surface area (Å²) in [6.45, 7) is 0. The van der Waals surface area contributed by atoms with Gasteiger partial charge in [-0.05, 0) is 0 Å². The van der Waals surface area contributed by atoms with Gasteiger partial charge in [-0.15, -0.1) is 0 Å². The first kappa shape index (κ1) is 208.